The van der Waals surface area contributed by atoms with E-state index in [1.54, 1.807) is 0 Å². The first-order valence-corrected chi connectivity index (χ1v) is 11.4. The minimum absolute atomic E-state index is 0.126. The fourth-order valence-corrected chi connectivity index (χ4v) is 4.33. The van der Waals surface area contributed by atoms with Gasteiger partial charge in [0.1, 0.15) is 0 Å². The summed E-state index contributed by atoms with van der Waals surface area (Å²) in [6.45, 7) is 6.04. The molecule has 0 fully saturated rings. The molecule has 0 heterocycles. The first-order valence-electron chi connectivity index (χ1n) is 11.4. The topological polar surface area (TPSA) is 24.1 Å². The minimum atomic E-state index is 0.126. The summed E-state index contributed by atoms with van der Waals surface area (Å²) >= 11 is 0. The Morgan fingerprint density at radius 1 is 0.469 bits per heavy atom. The van der Waals surface area contributed by atoms with E-state index >= 15 is 0 Å². The lowest BCUT2D eigenvalue weighted by molar-refractivity contribution is 0.379. The van der Waals surface area contributed by atoms with Crippen molar-refractivity contribution < 1.29 is 0 Å². The molecule has 2 heteroatoms. The molecule has 2 nitrogen and oxygen atoms in total. The van der Waals surface area contributed by atoms with Crippen molar-refractivity contribution >= 4 is 0 Å². The van der Waals surface area contributed by atoms with Gasteiger partial charge in [-0.15, -0.1) is 0 Å². The van der Waals surface area contributed by atoms with Gasteiger partial charge in [-0.1, -0.05) is 109 Å². The largest absolute Gasteiger partial charge is 0.304 e. The number of hydrogen-bond donors (Lipinski definition) is 2. The molecule has 0 aliphatic carbocycles. The second kappa shape index (κ2) is 10.9. The van der Waals surface area contributed by atoms with Gasteiger partial charge in [0.15, 0.2) is 0 Å². The van der Waals surface area contributed by atoms with Crippen molar-refractivity contribution in [1.82, 2.24) is 10.6 Å². The monoisotopic (exact) mass is 420 g/mol. The van der Waals surface area contributed by atoms with Crippen molar-refractivity contribution in [3.05, 3.63) is 143 Å². The number of aryl methyl sites for hydroxylation is 2. The highest BCUT2D eigenvalue weighted by Gasteiger charge is 2.26. The van der Waals surface area contributed by atoms with E-state index in [1.165, 1.54) is 33.4 Å². The molecule has 0 aliphatic heterocycles. The predicted octanol–water partition coefficient (Wildman–Crippen LogP) is 6.67. The van der Waals surface area contributed by atoms with Gasteiger partial charge in [0.2, 0.25) is 0 Å². The fourth-order valence-electron chi connectivity index (χ4n) is 4.33. The van der Waals surface area contributed by atoms with E-state index in [0.717, 1.165) is 13.1 Å². The standard InChI is InChI=1S/C30H32N2/c1-23-13-9-11-19-27(23)29(31-21-25-15-5-3-6-16-25)30(28-20-12-10-14-24(28)2)32-22-26-17-7-4-8-18-26/h3-20,29-32H,21-22H2,1-2H3. The van der Waals surface area contributed by atoms with Crippen molar-refractivity contribution in [2.24, 2.45) is 0 Å². The predicted molar refractivity (Wildman–Crippen MR) is 134 cm³/mol. The Balaban J connectivity index is 1.70. The normalized spacial score (nSPS) is 12.9. The third kappa shape index (κ3) is 5.53. The summed E-state index contributed by atoms with van der Waals surface area (Å²) < 4.78 is 0. The molecule has 0 aromatic heterocycles. The van der Waals surface area contributed by atoms with Crippen molar-refractivity contribution in [2.45, 2.75) is 39.0 Å². The van der Waals surface area contributed by atoms with Crippen LogP contribution in [0, 0.1) is 13.8 Å². The number of nitrogens with one attached hydrogen (secondary N) is 2. The molecule has 0 radical (unpaired) electrons. The summed E-state index contributed by atoms with van der Waals surface area (Å²) in [5.74, 6) is 0. The van der Waals surface area contributed by atoms with Crippen LogP contribution in [0.3, 0.4) is 0 Å². The molecule has 2 unspecified atom stereocenters. The van der Waals surface area contributed by atoms with E-state index in [9.17, 15) is 0 Å². The summed E-state index contributed by atoms with van der Waals surface area (Å²) in [5.41, 5.74) is 7.85. The second-order valence-corrected chi connectivity index (χ2v) is 8.40. The summed E-state index contributed by atoms with van der Waals surface area (Å²) in [7, 11) is 0. The van der Waals surface area contributed by atoms with Gasteiger partial charge in [-0.25, -0.2) is 0 Å². The first kappa shape index (κ1) is 22.0. The van der Waals surface area contributed by atoms with Crippen LogP contribution in [-0.4, -0.2) is 0 Å². The van der Waals surface area contributed by atoms with Gasteiger partial charge in [-0.05, 0) is 47.2 Å². The Kier molecular flexibility index (Phi) is 7.50. The van der Waals surface area contributed by atoms with E-state index in [2.05, 4.69) is 134 Å². The van der Waals surface area contributed by atoms with Crippen molar-refractivity contribution in [2.75, 3.05) is 0 Å². The molecule has 0 saturated heterocycles. The van der Waals surface area contributed by atoms with E-state index in [-0.39, 0.29) is 12.1 Å². The van der Waals surface area contributed by atoms with E-state index in [4.69, 9.17) is 0 Å². The lowest BCUT2D eigenvalue weighted by Gasteiger charge is -2.32. The molecule has 0 saturated carbocycles. The van der Waals surface area contributed by atoms with Gasteiger partial charge in [-0.2, -0.15) is 0 Å². The number of rotatable bonds is 9. The molecule has 2 atom stereocenters. The zero-order valence-electron chi connectivity index (χ0n) is 19.0. The molecular weight excluding hydrogens is 388 g/mol. The third-order valence-corrected chi connectivity index (χ3v) is 6.12. The van der Waals surface area contributed by atoms with Crippen LogP contribution >= 0.6 is 0 Å². The second-order valence-electron chi connectivity index (χ2n) is 8.40. The molecule has 0 amide bonds. The van der Waals surface area contributed by atoms with Crippen LogP contribution in [-0.2, 0) is 13.1 Å². The molecule has 2 N–H and O–H groups in total. The minimum Gasteiger partial charge on any atom is -0.304 e. The SMILES string of the molecule is Cc1ccccc1C(NCc1ccccc1)C(NCc1ccccc1)c1ccccc1C. The van der Waals surface area contributed by atoms with Gasteiger partial charge >= 0.3 is 0 Å². The maximum atomic E-state index is 3.89. The van der Waals surface area contributed by atoms with Crippen molar-refractivity contribution in [1.29, 1.82) is 0 Å². The fraction of sp³-hybridized carbons (Fsp3) is 0.200. The first-order chi connectivity index (χ1) is 15.7. The van der Waals surface area contributed by atoms with E-state index in [0.29, 0.717) is 0 Å². The average Bonchev–Trinajstić information content (AvgIpc) is 2.84. The van der Waals surface area contributed by atoms with Gasteiger partial charge in [0.05, 0.1) is 12.1 Å². The van der Waals surface area contributed by atoms with Crippen LogP contribution in [0.5, 0.6) is 0 Å². The van der Waals surface area contributed by atoms with Gasteiger partial charge in [0.25, 0.3) is 0 Å². The summed E-state index contributed by atoms with van der Waals surface area (Å²) in [5, 5.41) is 7.79. The molecular formula is C30H32N2. The smallest absolute Gasteiger partial charge is 0.0523 e. The quantitative estimate of drug-likeness (QED) is 0.316. The molecule has 162 valence electrons. The maximum absolute atomic E-state index is 3.89. The summed E-state index contributed by atoms with van der Waals surface area (Å²) in [6.07, 6.45) is 0. The highest BCUT2D eigenvalue weighted by atomic mass is 15.0. The Labute approximate surface area is 192 Å². The van der Waals surface area contributed by atoms with Gasteiger partial charge in [-0.3, -0.25) is 0 Å². The highest BCUT2D eigenvalue weighted by Crippen LogP contribution is 2.33. The van der Waals surface area contributed by atoms with Crippen LogP contribution in [0.2, 0.25) is 0 Å². The van der Waals surface area contributed by atoms with Crippen molar-refractivity contribution in [3.63, 3.8) is 0 Å². The molecule has 4 aromatic rings. The molecule has 0 aliphatic rings. The molecule has 32 heavy (non-hydrogen) atoms. The molecule has 4 aromatic carbocycles. The Bertz CT molecular complexity index is 1010. The third-order valence-electron chi connectivity index (χ3n) is 6.12. The molecule has 0 spiro atoms. The van der Waals surface area contributed by atoms with E-state index < -0.39 is 0 Å². The van der Waals surface area contributed by atoms with Gasteiger partial charge < -0.3 is 10.6 Å². The zero-order valence-corrected chi connectivity index (χ0v) is 19.0. The van der Waals surface area contributed by atoms with Crippen LogP contribution in [0.4, 0.5) is 0 Å². The summed E-state index contributed by atoms with van der Waals surface area (Å²) in [4.78, 5) is 0. The molecule has 4 rings (SSSR count). The molecule has 0 bridgehead atoms. The number of benzene rings is 4. The highest BCUT2D eigenvalue weighted by molar-refractivity contribution is 5.36. The average molecular weight is 421 g/mol. The summed E-state index contributed by atoms with van der Waals surface area (Å²) in [6, 6.07) is 39.0. The Morgan fingerprint density at radius 2 is 0.812 bits per heavy atom. The van der Waals surface area contributed by atoms with Crippen LogP contribution in [0.25, 0.3) is 0 Å². The van der Waals surface area contributed by atoms with Crippen molar-refractivity contribution in [3.8, 4) is 0 Å². The Morgan fingerprint density at radius 3 is 1.19 bits per heavy atom. The maximum Gasteiger partial charge on any atom is 0.0523 e. The van der Waals surface area contributed by atoms with Crippen LogP contribution in [0.1, 0.15) is 45.5 Å². The van der Waals surface area contributed by atoms with E-state index in [1.807, 2.05) is 0 Å². The van der Waals surface area contributed by atoms with Gasteiger partial charge in [0, 0.05) is 13.1 Å². The Hall–Kier alpha value is -3.20. The zero-order chi connectivity index (χ0) is 22.2. The number of hydrogen-bond acceptors (Lipinski definition) is 2. The van der Waals surface area contributed by atoms with Crippen LogP contribution < -0.4 is 10.6 Å². The van der Waals surface area contributed by atoms with Crippen LogP contribution in [0.15, 0.2) is 109 Å². The lowest BCUT2D eigenvalue weighted by atomic mass is 9.88. The lowest BCUT2D eigenvalue weighted by Crippen LogP contribution is -2.36.